The van der Waals surface area contributed by atoms with E-state index in [1.807, 2.05) is 32.0 Å². The van der Waals surface area contributed by atoms with Crippen LogP contribution < -0.4 is 4.74 Å². The average molecular weight is 335 g/mol. The fourth-order valence-corrected chi connectivity index (χ4v) is 2.26. The molecule has 0 saturated heterocycles. The Balaban J connectivity index is 2.59. The highest BCUT2D eigenvalue weighted by Gasteiger charge is 2.16. The smallest absolute Gasteiger partial charge is 0.307 e. The third-order valence-electron chi connectivity index (χ3n) is 3.72. The molecule has 1 aromatic carbocycles. The van der Waals surface area contributed by atoms with Crippen LogP contribution in [0, 0.1) is 13.8 Å². The predicted molar refractivity (Wildman–Crippen MR) is 94.1 cm³/mol. The van der Waals surface area contributed by atoms with Gasteiger partial charge in [-0.1, -0.05) is 25.5 Å². The third-order valence-corrected chi connectivity index (χ3v) is 3.72. The number of rotatable bonds is 10. The van der Waals surface area contributed by atoms with Crippen molar-refractivity contribution in [1.29, 1.82) is 0 Å². The summed E-state index contributed by atoms with van der Waals surface area (Å²) in [4.78, 5) is 25.6. The van der Waals surface area contributed by atoms with Gasteiger partial charge >= 0.3 is 5.97 Å². The normalized spacial score (nSPS) is 10.3. The first-order chi connectivity index (χ1) is 11.5. The van der Waals surface area contributed by atoms with E-state index < -0.39 is 0 Å². The summed E-state index contributed by atoms with van der Waals surface area (Å²) < 4.78 is 10.6. The average Bonchev–Trinajstić information content (AvgIpc) is 2.55. The van der Waals surface area contributed by atoms with Crippen molar-refractivity contribution in [2.45, 2.75) is 47.0 Å². The van der Waals surface area contributed by atoms with Gasteiger partial charge in [0.15, 0.2) is 6.61 Å². The first-order valence-electron chi connectivity index (χ1n) is 8.61. The molecule has 1 aromatic rings. The van der Waals surface area contributed by atoms with Crippen LogP contribution in [0.3, 0.4) is 0 Å². The molecule has 0 spiro atoms. The minimum Gasteiger partial charge on any atom is -0.483 e. The predicted octanol–water partition coefficient (Wildman–Crippen LogP) is 3.26. The van der Waals surface area contributed by atoms with Crippen LogP contribution in [0.2, 0.25) is 0 Å². The van der Waals surface area contributed by atoms with Crippen LogP contribution in [-0.4, -0.2) is 43.1 Å². The fourth-order valence-electron chi connectivity index (χ4n) is 2.26. The maximum atomic E-state index is 12.4. The molecular weight excluding hydrogens is 306 g/mol. The van der Waals surface area contributed by atoms with Crippen LogP contribution >= 0.6 is 0 Å². The standard InChI is InChI=1S/C19H29NO4/c1-5-7-11-20(12-10-19(22)23-6-2)18(21)14-24-17-13-15(3)8-9-16(17)4/h8-9,13H,5-7,10-12,14H2,1-4H3. The van der Waals surface area contributed by atoms with Crippen molar-refractivity contribution < 1.29 is 19.1 Å². The summed E-state index contributed by atoms with van der Waals surface area (Å²) in [5, 5.41) is 0. The third kappa shape index (κ3) is 7.02. The second kappa shape index (κ2) is 10.7. The Hall–Kier alpha value is -2.04. The molecule has 5 nitrogen and oxygen atoms in total. The van der Waals surface area contributed by atoms with Gasteiger partial charge in [0.1, 0.15) is 5.75 Å². The van der Waals surface area contributed by atoms with E-state index in [2.05, 4.69) is 6.92 Å². The van der Waals surface area contributed by atoms with Crippen LogP contribution in [-0.2, 0) is 14.3 Å². The molecule has 0 atom stereocenters. The highest BCUT2D eigenvalue weighted by atomic mass is 16.5. The number of unbranched alkanes of at least 4 members (excludes halogenated alkanes) is 1. The van der Waals surface area contributed by atoms with Gasteiger partial charge < -0.3 is 14.4 Å². The lowest BCUT2D eigenvalue weighted by atomic mass is 10.1. The summed E-state index contributed by atoms with van der Waals surface area (Å²) in [5.41, 5.74) is 2.09. The zero-order valence-electron chi connectivity index (χ0n) is 15.3. The molecule has 0 radical (unpaired) electrons. The van der Waals surface area contributed by atoms with E-state index in [4.69, 9.17) is 9.47 Å². The Morgan fingerprint density at radius 2 is 1.88 bits per heavy atom. The molecular formula is C19H29NO4. The van der Waals surface area contributed by atoms with E-state index in [0.717, 1.165) is 29.7 Å². The topological polar surface area (TPSA) is 55.8 Å². The van der Waals surface area contributed by atoms with Crippen molar-refractivity contribution in [1.82, 2.24) is 4.90 Å². The first-order valence-corrected chi connectivity index (χ1v) is 8.61. The SMILES string of the molecule is CCCCN(CCC(=O)OCC)C(=O)COc1cc(C)ccc1C. The number of esters is 1. The van der Waals surface area contributed by atoms with Crippen molar-refractivity contribution >= 4 is 11.9 Å². The zero-order chi connectivity index (χ0) is 17.9. The molecule has 0 aliphatic heterocycles. The summed E-state index contributed by atoms with van der Waals surface area (Å²) in [5.74, 6) is 0.347. The second-order valence-electron chi connectivity index (χ2n) is 5.85. The largest absolute Gasteiger partial charge is 0.483 e. The number of amides is 1. The highest BCUT2D eigenvalue weighted by Crippen LogP contribution is 2.19. The Bertz CT molecular complexity index is 542. The van der Waals surface area contributed by atoms with Crippen LogP contribution in [0.25, 0.3) is 0 Å². The lowest BCUT2D eigenvalue weighted by Crippen LogP contribution is -2.37. The van der Waals surface area contributed by atoms with E-state index in [0.29, 0.717) is 19.7 Å². The molecule has 5 heteroatoms. The van der Waals surface area contributed by atoms with Gasteiger partial charge in [-0.3, -0.25) is 9.59 Å². The van der Waals surface area contributed by atoms with Crippen molar-refractivity contribution in [2.24, 2.45) is 0 Å². The number of nitrogens with zero attached hydrogens (tertiary/aromatic N) is 1. The molecule has 0 saturated carbocycles. The van der Waals surface area contributed by atoms with Crippen molar-refractivity contribution in [3.05, 3.63) is 29.3 Å². The van der Waals surface area contributed by atoms with Crippen molar-refractivity contribution in [2.75, 3.05) is 26.3 Å². The quantitative estimate of drug-likeness (QED) is 0.616. The van der Waals surface area contributed by atoms with E-state index in [1.165, 1.54) is 0 Å². The van der Waals surface area contributed by atoms with Gasteiger partial charge in [0.2, 0.25) is 0 Å². The molecule has 0 N–H and O–H groups in total. The minimum atomic E-state index is -0.276. The van der Waals surface area contributed by atoms with Gasteiger partial charge in [-0.25, -0.2) is 0 Å². The highest BCUT2D eigenvalue weighted by molar-refractivity contribution is 5.78. The van der Waals surface area contributed by atoms with Gasteiger partial charge in [-0.05, 0) is 44.4 Å². The molecule has 1 amide bonds. The molecule has 24 heavy (non-hydrogen) atoms. The number of benzene rings is 1. The van der Waals surface area contributed by atoms with Gasteiger partial charge in [0.25, 0.3) is 5.91 Å². The molecule has 0 aromatic heterocycles. The molecule has 0 fully saturated rings. The van der Waals surface area contributed by atoms with Gasteiger partial charge in [0, 0.05) is 13.1 Å². The van der Waals surface area contributed by atoms with Gasteiger partial charge in [0.05, 0.1) is 13.0 Å². The Kier molecular flexibility index (Phi) is 8.90. The maximum absolute atomic E-state index is 12.4. The fraction of sp³-hybridized carbons (Fsp3) is 0.579. The maximum Gasteiger partial charge on any atom is 0.307 e. The zero-order valence-corrected chi connectivity index (χ0v) is 15.3. The van der Waals surface area contributed by atoms with E-state index in [-0.39, 0.29) is 24.9 Å². The monoisotopic (exact) mass is 335 g/mol. The number of ether oxygens (including phenoxy) is 2. The van der Waals surface area contributed by atoms with E-state index in [1.54, 1.807) is 11.8 Å². The Labute approximate surface area is 144 Å². The Morgan fingerprint density at radius 3 is 2.54 bits per heavy atom. The van der Waals surface area contributed by atoms with Crippen molar-refractivity contribution in [3.63, 3.8) is 0 Å². The van der Waals surface area contributed by atoms with E-state index >= 15 is 0 Å². The Morgan fingerprint density at radius 1 is 1.12 bits per heavy atom. The molecule has 0 bridgehead atoms. The van der Waals surface area contributed by atoms with Crippen LogP contribution in [0.5, 0.6) is 5.75 Å². The van der Waals surface area contributed by atoms with Crippen molar-refractivity contribution in [3.8, 4) is 5.75 Å². The number of carbonyl (C=O) groups excluding carboxylic acids is 2. The summed E-state index contributed by atoms with van der Waals surface area (Å²) in [6.45, 7) is 9.12. The molecule has 1 rings (SSSR count). The summed E-state index contributed by atoms with van der Waals surface area (Å²) in [7, 11) is 0. The van der Waals surface area contributed by atoms with Gasteiger partial charge in [-0.15, -0.1) is 0 Å². The number of hydrogen-bond donors (Lipinski definition) is 0. The molecule has 134 valence electrons. The molecule has 0 unspecified atom stereocenters. The van der Waals surface area contributed by atoms with Gasteiger partial charge in [-0.2, -0.15) is 0 Å². The number of aryl methyl sites for hydroxylation is 2. The van der Waals surface area contributed by atoms with Crippen LogP contribution in [0.15, 0.2) is 18.2 Å². The second-order valence-corrected chi connectivity index (χ2v) is 5.85. The summed E-state index contributed by atoms with van der Waals surface area (Å²) in [6.07, 6.45) is 2.10. The lowest BCUT2D eigenvalue weighted by Gasteiger charge is -2.22. The molecule has 0 heterocycles. The number of carbonyl (C=O) groups is 2. The van der Waals surface area contributed by atoms with Crippen LogP contribution in [0.1, 0.15) is 44.2 Å². The minimum absolute atomic E-state index is 0.0170. The number of hydrogen-bond acceptors (Lipinski definition) is 4. The summed E-state index contributed by atoms with van der Waals surface area (Å²) >= 11 is 0. The summed E-state index contributed by atoms with van der Waals surface area (Å²) in [6, 6.07) is 5.92. The van der Waals surface area contributed by atoms with E-state index in [9.17, 15) is 9.59 Å². The first kappa shape index (κ1) is 20.0. The molecule has 0 aliphatic rings. The van der Waals surface area contributed by atoms with Crippen LogP contribution in [0.4, 0.5) is 0 Å². The molecule has 0 aliphatic carbocycles. The lowest BCUT2D eigenvalue weighted by molar-refractivity contribution is -0.144.